The number of hydrogen-bond donors (Lipinski definition) is 4. The predicted octanol–water partition coefficient (Wildman–Crippen LogP) is 2.97. The Hall–Kier alpha value is -1.61. The van der Waals surface area contributed by atoms with Crippen molar-refractivity contribution in [1.29, 1.82) is 0 Å². The van der Waals surface area contributed by atoms with Crippen molar-refractivity contribution in [2.75, 3.05) is 28.2 Å². The van der Waals surface area contributed by atoms with Crippen LogP contribution in [0.3, 0.4) is 0 Å². The zero-order valence-electron chi connectivity index (χ0n) is 14.7. The molecule has 7 nitrogen and oxygen atoms in total. The molecule has 0 fully saturated rings. The van der Waals surface area contributed by atoms with Gasteiger partial charge >= 0.3 is 0 Å². The summed E-state index contributed by atoms with van der Waals surface area (Å²) in [7, 11) is 6.81. The summed E-state index contributed by atoms with van der Waals surface area (Å²) < 4.78 is 0. The average Bonchev–Trinajstić information content (AvgIpc) is 2.50. The first-order valence-corrected chi connectivity index (χ1v) is 6.92. The van der Waals surface area contributed by atoms with Gasteiger partial charge in [-0.05, 0) is 13.8 Å². The van der Waals surface area contributed by atoms with Crippen molar-refractivity contribution < 1.29 is 14.4 Å². The second-order valence-electron chi connectivity index (χ2n) is 3.22. The van der Waals surface area contributed by atoms with E-state index < -0.39 is 0 Å². The molecule has 0 heterocycles. The van der Waals surface area contributed by atoms with Crippen LogP contribution in [0.25, 0.3) is 0 Å². The van der Waals surface area contributed by atoms with E-state index in [2.05, 4.69) is 45.7 Å². The van der Waals surface area contributed by atoms with Gasteiger partial charge in [-0.1, -0.05) is 54.1 Å². The summed E-state index contributed by atoms with van der Waals surface area (Å²) in [5, 5.41) is 10.3. The Morgan fingerprint density at radius 2 is 0.654 bits per heavy atom. The van der Waals surface area contributed by atoms with Gasteiger partial charge in [0.2, 0.25) is 11.8 Å². The van der Waals surface area contributed by atoms with Crippen molar-refractivity contribution in [3.8, 4) is 0 Å². The Morgan fingerprint density at radius 3 is 0.654 bits per heavy atom. The molecule has 0 radical (unpaired) electrons. The van der Waals surface area contributed by atoms with Gasteiger partial charge in [0.05, 0.1) is 9.98 Å². The minimum Gasteiger partial charge on any atom is -0.383 e. The van der Waals surface area contributed by atoms with E-state index in [4.69, 9.17) is 4.79 Å². The van der Waals surface area contributed by atoms with Gasteiger partial charge in [0.25, 0.3) is 0 Å². The molecule has 0 saturated carbocycles. The van der Waals surface area contributed by atoms with Crippen molar-refractivity contribution in [3.63, 3.8) is 0 Å². The summed E-state index contributed by atoms with van der Waals surface area (Å²) in [5.74, 6) is 0.00926. The van der Waals surface area contributed by atoms with Crippen molar-refractivity contribution in [1.82, 2.24) is 21.3 Å². The Labute approximate surface area is 174 Å². The molecule has 0 aliphatic carbocycles. The van der Waals surface area contributed by atoms with Gasteiger partial charge < -0.3 is 26.1 Å². The zero-order chi connectivity index (χ0) is 19.1. The summed E-state index contributed by atoms with van der Waals surface area (Å²) in [6.07, 6.45) is 0. The molecule has 0 spiro atoms. The molecule has 0 aliphatic rings. The summed E-state index contributed by atoms with van der Waals surface area (Å²) in [6.45, 7) is 8.63. The largest absolute Gasteiger partial charge is 0.383 e. The molecule has 9 heteroatoms. The fourth-order valence-electron chi connectivity index (χ4n) is 0. The van der Waals surface area contributed by atoms with Crippen LogP contribution < -0.4 is 21.3 Å². The third-order valence-electron chi connectivity index (χ3n) is 1.41. The molecular formula is C17H46N4O3S2. The number of amides is 2. The fourth-order valence-corrected chi connectivity index (χ4v) is 0. The second-order valence-corrected chi connectivity index (χ2v) is 4.45. The first-order chi connectivity index (χ1) is 10.1. The molecule has 26 heavy (non-hydrogen) atoms. The van der Waals surface area contributed by atoms with Crippen LogP contribution in [0.15, 0.2) is 0 Å². The summed E-state index contributed by atoms with van der Waals surface area (Å²) >= 11 is 9.17. The number of nitrogens with one attached hydrogen (secondary N) is 4. The SMILES string of the molecule is C.C.C.C.C=O.CNC(C)=O.CNC(C)=O.CNC(C)=S.CNC(C)=S. The van der Waals surface area contributed by atoms with Gasteiger partial charge in [-0.25, -0.2) is 0 Å². The summed E-state index contributed by atoms with van der Waals surface area (Å²) in [5.41, 5.74) is 0. The second kappa shape index (κ2) is 56.6. The first-order valence-electron chi connectivity index (χ1n) is 6.11. The molecule has 0 aromatic carbocycles. The number of carbonyl (C=O) groups is 3. The van der Waals surface area contributed by atoms with Crippen LogP contribution in [0.4, 0.5) is 0 Å². The minimum atomic E-state index is 0. The molecular weight excluding hydrogens is 372 g/mol. The Balaban J connectivity index is -0.0000000195. The molecule has 0 unspecified atom stereocenters. The topological polar surface area (TPSA) is 99.3 Å². The van der Waals surface area contributed by atoms with E-state index in [1.807, 2.05) is 34.7 Å². The van der Waals surface area contributed by atoms with Gasteiger partial charge in [-0.15, -0.1) is 0 Å². The van der Waals surface area contributed by atoms with Gasteiger partial charge in [-0.3, -0.25) is 9.59 Å². The Morgan fingerprint density at radius 1 is 0.577 bits per heavy atom. The first kappa shape index (κ1) is 56.3. The van der Waals surface area contributed by atoms with Crippen LogP contribution in [-0.2, 0) is 14.4 Å². The molecule has 0 aromatic rings. The van der Waals surface area contributed by atoms with Crippen LogP contribution in [0.5, 0.6) is 0 Å². The zero-order valence-corrected chi connectivity index (χ0v) is 16.4. The van der Waals surface area contributed by atoms with Crippen LogP contribution in [0, 0.1) is 0 Å². The van der Waals surface area contributed by atoms with Crippen molar-refractivity contribution in [2.24, 2.45) is 0 Å². The van der Waals surface area contributed by atoms with Gasteiger partial charge in [-0.2, -0.15) is 0 Å². The Kier molecular flexibility index (Phi) is 123. The van der Waals surface area contributed by atoms with Crippen LogP contribution >= 0.6 is 24.4 Å². The van der Waals surface area contributed by atoms with Crippen molar-refractivity contribution in [3.05, 3.63) is 0 Å². The van der Waals surface area contributed by atoms with Crippen LogP contribution in [0.1, 0.15) is 57.4 Å². The lowest BCUT2D eigenvalue weighted by Gasteiger charge is -1.84. The highest BCUT2D eigenvalue weighted by atomic mass is 32.1. The van der Waals surface area contributed by atoms with Gasteiger partial charge in [0.1, 0.15) is 6.79 Å². The predicted molar refractivity (Wildman–Crippen MR) is 128 cm³/mol. The van der Waals surface area contributed by atoms with Gasteiger partial charge in [0, 0.05) is 42.0 Å². The maximum atomic E-state index is 9.70. The number of thiocarbonyl (C=S) groups is 2. The standard InChI is InChI=1S/2C3H7NO.2C3H7NS.CH2O.4CH4/c4*1-3(5)4-2;1-2;;;;/h4*1-2H3,(H,4,5);1H2;4*1H4. The molecule has 0 atom stereocenters. The van der Waals surface area contributed by atoms with Crippen molar-refractivity contribution in [2.45, 2.75) is 57.4 Å². The lowest BCUT2D eigenvalue weighted by molar-refractivity contribution is -0.119. The number of hydrogen-bond acceptors (Lipinski definition) is 5. The lowest BCUT2D eigenvalue weighted by atomic mass is 10.7. The van der Waals surface area contributed by atoms with Crippen LogP contribution in [0.2, 0.25) is 0 Å². The smallest absolute Gasteiger partial charge is 0.216 e. The number of rotatable bonds is 0. The summed E-state index contributed by atoms with van der Waals surface area (Å²) in [6, 6.07) is 0. The maximum Gasteiger partial charge on any atom is 0.216 e. The highest BCUT2D eigenvalue weighted by molar-refractivity contribution is 7.80. The van der Waals surface area contributed by atoms with E-state index in [1.54, 1.807) is 14.1 Å². The third-order valence-corrected chi connectivity index (χ3v) is 1.82. The molecule has 0 aromatic heterocycles. The fraction of sp³-hybridized carbons (Fsp3) is 0.706. The van der Waals surface area contributed by atoms with Gasteiger partial charge in [0.15, 0.2) is 0 Å². The quantitative estimate of drug-likeness (QED) is 0.449. The van der Waals surface area contributed by atoms with E-state index in [9.17, 15) is 9.59 Å². The van der Waals surface area contributed by atoms with E-state index in [0.717, 1.165) is 9.98 Å². The molecule has 0 aliphatic heterocycles. The molecule has 4 N–H and O–H groups in total. The molecule has 164 valence electrons. The molecule has 0 saturated heterocycles. The lowest BCUT2D eigenvalue weighted by Crippen LogP contribution is -2.11. The molecule has 0 bridgehead atoms. The molecule has 2 amide bonds. The van der Waals surface area contributed by atoms with E-state index in [0.29, 0.717) is 0 Å². The molecule has 0 rings (SSSR count). The monoisotopic (exact) mass is 418 g/mol. The van der Waals surface area contributed by atoms with Crippen molar-refractivity contribution >= 4 is 53.0 Å². The van der Waals surface area contributed by atoms with E-state index >= 15 is 0 Å². The summed E-state index contributed by atoms with van der Waals surface area (Å²) in [4.78, 5) is 29.1. The van der Waals surface area contributed by atoms with Crippen LogP contribution in [-0.4, -0.2) is 56.8 Å². The average molecular weight is 419 g/mol. The normalized spacial score (nSPS) is 5.38. The van der Waals surface area contributed by atoms with E-state index in [-0.39, 0.29) is 41.5 Å². The highest BCUT2D eigenvalue weighted by Crippen LogP contribution is 1.57. The highest BCUT2D eigenvalue weighted by Gasteiger charge is 1.73. The van der Waals surface area contributed by atoms with E-state index in [1.165, 1.54) is 13.8 Å². The third kappa shape index (κ3) is 251. The Bertz CT molecular complexity index is 248. The number of carbonyl (C=O) groups excluding carboxylic acids is 3. The minimum absolute atomic E-state index is 0. The maximum absolute atomic E-state index is 9.70.